The molecular formula is C17H15ClF3NO2. The summed E-state index contributed by atoms with van der Waals surface area (Å²) < 4.78 is 40.1. The van der Waals surface area contributed by atoms with Crippen LogP contribution in [0.4, 0.5) is 13.2 Å². The maximum atomic E-state index is 13.5. The minimum atomic E-state index is -0.983. The van der Waals surface area contributed by atoms with Crippen molar-refractivity contribution in [2.45, 2.75) is 18.9 Å². The van der Waals surface area contributed by atoms with Crippen molar-refractivity contribution in [3.05, 3.63) is 70.0 Å². The van der Waals surface area contributed by atoms with Crippen LogP contribution in [0.5, 0.6) is 0 Å². The lowest BCUT2D eigenvalue weighted by Crippen LogP contribution is -2.31. The van der Waals surface area contributed by atoms with Crippen molar-refractivity contribution < 1.29 is 23.1 Å². The lowest BCUT2D eigenvalue weighted by atomic mass is 10.1. The smallest absolute Gasteiger partial charge is 0.220 e. The number of halogens is 4. The Morgan fingerprint density at radius 2 is 1.92 bits per heavy atom. The molecule has 0 saturated carbocycles. The first-order valence-electron chi connectivity index (χ1n) is 7.20. The Hall–Kier alpha value is -2.05. The normalized spacial score (nSPS) is 12.0. The molecule has 24 heavy (non-hydrogen) atoms. The van der Waals surface area contributed by atoms with Crippen molar-refractivity contribution in [3.63, 3.8) is 0 Å². The third-order valence-corrected chi connectivity index (χ3v) is 3.82. The average Bonchev–Trinajstić information content (AvgIpc) is 2.56. The molecule has 0 aliphatic carbocycles. The van der Waals surface area contributed by atoms with Crippen LogP contribution in [0.3, 0.4) is 0 Å². The lowest BCUT2D eigenvalue weighted by molar-refractivity contribution is -0.122. The molecule has 0 bridgehead atoms. The topological polar surface area (TPSA) is 49.3 Å². The summed E-state index contributed by atoms with van der Waals surface area (Å²) in [6.45, 7) is -0.443. The fraction of sp³-hybridized carbons (Fsp3) is 0.235. The summed E-state index contributed by atoms with van der Waals surface area (Å²) in [5, 5.41) is 11.8. The van der Waals surface area contributed by atoms with Crippen LogP contribution in [0.15, 0.2) is 36.4 Å². The van der Waals surface area contributed by atoms with Gasteiger partial charge in [0.05, 0.1) is 17.7 Å². The van der Waals surface area contributed by atoms with Gasteiger partial charge in [-0.05, 0) is 35.7 Å². The quantitative estimate of drug-likeness (QED) is 0.830. The standard InChI is InChI=1S/C17H15ClF3NO2/c18-12-6-4-11(8-14(12)20)15(9-23)22-16(24)7-5-10-2-1-3-13(19)17(10)21/h1-4,6,8,15,23H,5,7,9H2,(H,22,24)/t15-/m0/s1. The van der Waals surface area contributed by atoms with Crippen LogP contribution in [0.25, 0.3) is 0 Å². The number of aliphatic hydroxyl groups is 1. The number of hydrogen-bond acceptors (Lipinski definition) is 2. The third kappa shape index (κ3) is 4.49. The zero-order valence-corrected chi connectivity index (χ0v) is 13.3. The van der Waals surface area contributed by atoms with Crippen LogP contribution in [0.2, 0.25) is 5.02 Å². The minimum Gasteiger partial charge on any atom is -0.394 e. The Morgan fingerprint density at radius 3 is 2.58 bits per heavy atom. The Bertz CT molecular complexity index is 740. The predicted octanol–water partition coefficient (Wildman–Crippen LogP) is 3.54. The fourth-order valence-corrected chi connectivity index (χ4v) is 2.34. The maximum Gasteiger partial charge on any atom is 0.220 e. The molecule has 3 nitrogen and oxygen atoms in total. The lowest BCUT2D eigenvalue weighted by Gasteiger charge is -2.17. The number of benzene rings is 2. The SMILES string of the molecule is O=C(CCc1cccc(F)c1F)N[C@@H](CO)c1ccc(Cl)c(F)c1. The van der Waals surface area contributed by atoms with Crippen molar-refractivity contribution in [1.29, 1.82) is 0 Å². The first kappa shape index (κ1) is 18.3. The summed E-state index contributed by atoms with van der Waals surface area (Å²) >= 11 is 5.59. The summed E-state index contributed by atoms with van der Waals surface area (Å²) in [4.78, 5) is 11.9. The van der Waals surface area contributed by atoms with Gasteiger partial charge in [0, 0.05) is 6.42 Å². The van der Waals surface area contributed by atoms with Gasteiger partial charge in [0.15, 0.2) is 11.6 Å². The van der Waals surface area contributed by atoms with Crippen LogP contribution in [0.1, 0.15) is 23.6 Å². The summed E-state index contributed by atoms with van der Waals surface area (Å²) in [6.07, 6.45) is -0.102. The highest BCUT2D eigenvalue weighted by molar-refractivity contribution is 6.30. The number of amides is 1. The molecule has 1 amide bonds. The molecule has 0 fully saturated rings. The van der Waals surface area contributed by atoms with Gasteiger partial charge in [-0.25, -0.2) is 13.2 Å². The highest BCUT2D eigenvalue weighted by Crippen LogP contribution is 2.20. The third-order valence-electron chi connectivity index (χ3n) is 3.52. The molecule has 0 aliphatic heterocycles. The highest BCUT2D eigenvalue weighted by atomic mass is 35.5. The van der Waals surface area contributed by atoms with E-state index in [1.54, 1.807) is 0 Å². The van der Waals surface area contributed by atoms with Gasteiger partial charge < -0.3 is 10.4 Å². The predicted molar refractivity (Wildman–Crippen MR) is 84.1 cm³/mol. The van der Waals surface area contributed by atoms with Crippen LogP contribution in [-0.2, 0) is 11.2 Å². The first-order chi connectivity index (χ1) is 11.4. The van der Waals surface area contributed by atoms with Gasteiger partial charge in [0.2, 0.25) is 5.91 Å². The fourth-order valence-electron chi connectivity index (χ4n) is 2.22. The molecule has 0 unspecified atom stereocenters. The number of carbonyl (C=O) groups excluding carboxylic acids is 1. The van der Waals surface area contributed by atoms with E-state index in [9.17, 15) is 23.1 Å². The summed E-state index contributed by atoms with van der Waals surface area (Å²) in [5.74, 6) is -3.10. The number of hydrogen-bond donors (Lipinski definition) is 2. The molecule has 0 aromatic heterocycles. The molecule has 0 heterocycles. The van der Waals surface area contributed by atoms with E-state index in [0.29, 0.717) is 5.56 Å². The van der Waals surface area contributed by atoms with Crippen LogP contribution in [0, 0.1) is 17.5 Å². The Labute approximate surface area is 142 Å². The van der Waals surface area contributed by atoms with Crippen LogP contribution in [-0.4, -0.2) is 17.6 Å². The molecule has 1 atom stereocenters. The van der Waals surface area contributed by atoms with Gasteiger partial charge in [-0.1, -0.05) is 29.8 Å². The molecular weight excluding hydrogens is 343 g/mol. The second-order valence-corrected chi connectivity index (χ2v) is 5.60. The molecule has 0 aliphatic rings. The second-order valence-electron chi connectivity index (χ2n) is 5.19. The van der Waals surface area contributed by atoms with Gasteiger partial charge in [-0.15, -0.1) is 0 Å². The molecule has 0 radical (unpaired) electrons. The number of aryl methyl sites for hydroxylation is 1. The van der Waals surface area contributed by atoms with E-state index < -0.39 is 36.0 Å². The summed E-state index contributed by atoms with van der Waals surface area (Å²) in [6, 6.07) is 6.86. The molecule has 2 rings (SSSR count). The van der Waals surface area contributed by atoms with E-state index in [-0.39, 0.29) is 23.4 Å². The molecule has 7 heteroatoms. The maximum absolute atomic E-state index is 13.5. The Morgan fingerprint density at radius 1 is 1.17 bits per heavy atom. The van der Waals surface area contributed by atoms with Gasteiger partial charge >= 0.3 is 0 Å². The number of rotatable bonds is 6. The highest BCUT2D eigenvalue weighted by Gasteiger charge is 2.16. The van der Waals surface area contributed by atoms with Gasteiger partial charge in [-0.3, -0.25) is 4.79 Å². The summed E-state index contributed by atoms with van der Waals surface area (Å²) in [7, 11) is 0. The molecule has 2 aromatic carbocycles. The number of carbonyl (C=O) groups is 1. The average molecular weight is 358 g/mol. The van der Waals surface area contributed by atoms with Crippen molar-refractivity contribution in [2.75, 3.05) is 6.61 Å². The van der Waals surface area contributed by atoms with Crippen molar-refractivity contribution in [1.82, 2.24) is 5.32 Å². The van der Waals surface area contributed by atoms with Gasteiger partial charge in [-0.2, -0.15) is 0 Å². The molecule has 2 N–H and O–H groups in total. The van der Waals surface area contributed by atoms with E-state index in [2.05, 4.69) is 5.32 Å². The van der Waals surface area contributed by atoms with Crippen molar-refractivity contribution in [3.8, 4) is 0 Å². The second kappa shape index (κ2) is 8.17. The van der Waals surface area contributed by atoms with E-state index in [1.807, 2.05) is 0 Å². The number of nitrogens with one attached hydrogen (secondary N) is 1. The molecule has 0 saturated heterocycles. The van der Waals surface area contributed by atoms with E-state index >= 15 is 0 Å². The van der Waals surface area contributed by atoms with E-state index in [4.69, 9.17) is 11.6 Å². The van der Waals surface area contributed by atoms with Gasteiger partial charge in [0.1, 0.15) is 5.82 Å². The van der Waals surface area contributed by atoms with Crippen molar-refractivity contribution in [2.24, 2.45) is 0 Å². The Kier molecular flexibility index (Phi) is 6.23. The zero-order chi connectivity index (χ0) is 17.7. The largest absolute Gasteiger partial charge is 0.394 e. The van der Waals surface area contributed by atoms with Crippen molar-refractivity contribution >= 4 is 17.5 Å². The first-order valence-corrected chi connectivity index (χ1v) is 7.58. The van der Waals surface area contributed by atoms with E-state index in [1.165, 1.54) is 24.3 Å². The summed E-state index contributed by atoms with van der Waals surface area (Å²) in [5.41, 5.74) is 0.438. The monoisotopic (exact) mass is 357 g/mol. The van der Waals surface area contributed by atoms with Crippen LogP contribution < -0.4 is 5.32 Å². The van der Waals surface area contributed by atoms with E-state index in [0.717, 1.165) is 12.1 Å². The molecule has 2 aromatic rings. The molecule has 0 spiro atoms. The zero-order valence-electron chi connectivity index (χ0n) is 12.5. The van der Waals surface area contributed by atoms with Gasteiger partial charge in [0.25, 0.3) is 0 Å². The Balaban J connectivity index is 1.99. The minimum absolute atomic E-state index is 0.00253. The van der Waals surface area contributed by atoms with Crippen LogP contribution >= 0.6 is 11.6 Å². The number of aliphatic hydroxyl groups excluding tert-OH is 1. The molecule has 128 valence electrons.